The summed E-state index contributed by atoms with van der Waals surface area (Å²) in [5.74, 6) is -0.430. The van der Waals surface area contributed by atoms with E-state index in [2.05, 4.69) is 11.9 Å². The second-order valence-electron chi connectivity index (χ2n) is 7.92. The number of halogens is 3. The van der Waals surface area contributed by atoms with Crippen LogP contribution in [0.4, 0.5) is 13.2 Å². The first kappa shape index (κ1) is 24.9. The SMILES string of the molecule is C=C(CNC(=O)c1ccc2c(c1)c(Cc1ccc(C(=O)OC)cc1OC)cn2C)CC(F)(F)F. The Bertz CT molecular complexity index is 1240. The van der Waals surface area contributed by atoms with Gasteiger partial charge in [-0.3, -0.25) is 4.79 Å². The number of esters is 1. The third kappa shape index (κ3) is 5.78. The molecular formula is C25H25F3N2O4. The van der Waals surface area contributed by atoms with Crippen LogP contribution < -0.4 is 10.1 Å². The Morgan fingerprint density at radius 3 is 2.41 bits per heavy atom. The number of carbonyl (C=O) groups is 2. The monoisotopic (exact) mass is 474 g/mol. The van der Waals surface area contributed by atoms with Gasteiger partial charge in [-0.15, -0.1) is 0 Å². The van der Waals surface area contributed by atoms with Crippen molar-refractivity contribution in [2.45, 2.75) is 19.0 Å². The molecule has 3 aromatic rings. The number of aryl methyl sites for hydroxylation is 1. The Balaban J connectivity index is 1.85. The van der Waals surface area contributed by atoms with E-state index in [1.807, 2.05) is 17.8 Å². The molecule has 0 aliphatic rings. The highest BCUT2D eigenvalue weighted by Crippen LogP contribution is 2.29. The summed E-state index contributed by atoms with van der Waals surface area (Å²) >= 11 is 0. The fourth-order valence-electron chi connectivity index (χ4n) is 3.75. The highest BCUT2D eigenvalue weighted by molar-refractivity contribution is 5.99. The fourth-order valence-corrected chi connectivity index (χ4v) is 3.75. The lowest BCUT2D eigenvalue weighted by Gasteiger charge is -2.11. The summed E-state index contributed by atoms with van der Waals surface area (Å²) in [6, 6.07) is 10.2. The molecule has 0 unspecified atom stereocenters. The molecule has 3 rings (SSSR count). The summed E-state index contributed by atoms with van der Waals surface area (Å²) in [7, 11) is 4.70. The molecule has 180 valence electrons. The first-order valence-corrected chi connectivity index (χ1v) is 10.4. The van der Waals surface area contributed by atoms with E-state index in [0.29, 0.717) is 23.3 Å². The largest absolute Gasteiger partial charge is 0.496 e. The van der Waals surface area contributed by atoms with Crippen molar-refractivity contribution >= 4 is 22.8 Å². The molecule has 0 atom stereocenters. The summed E-state index contributed by atoms with van der Waals surface area (Å²) in [5.41, 5.74) is 3.21. The molecule has 34 heavy (non-hydrogen) atoms. The lowest BCUT2D eigenvalue weighted by Crippen LogP contribution is -2.26. The van der Waals surface area contributed by atoms with Crippen LogP contribution in [0.2, 0.25) is 0 Å². The Hall–Kier alpha value is -3.75. The van der Waals surface area contributed by atoms with E-state index in [-0.39, 0.29) is 12.1 Å². The smallest absolute Gasteiger partial charge is 0.392 e. The number of hydrogen-bond acceptors (Lipinski definition) is 4. The molecule has 9 heteroatoms. The van der Waals surface area contributed by atoms with E-state index < -0.39 is 24.5 Å². The van der Waals surface area contributed by atoms with E-state index in [1.165, 1.54) is 14.2 Å². The van der Waals surface area contributed by atoms with Gasteiger partial charge in [0.25, 0.3) is 5.91 Å². The van der Waals surface area contributed by atoms with Gasteiger partial charge >= 0.3 is 12.1 Å². The second-order valence-corrected chi connectivity index (χ2v) is 7.92. The third-order valence-electron chi connectivity index (χ3n) is 5.37. The van der Waals surface area contributed by atoms with Gasteiger partial charge in [0.05, 0.1) is 26.2 Å². The number of ether oxygens (including phenoxy) is 2. The molecule has 1 amide bonds. The molecule has 1 N–H and O–H groups in total. The Morgan fingerprint density at radius 2 is 1.76 bits per heavy atom. The molecular weight excluding hydrogens is 449 g/mol. The average molecular weight is 474 g/mol. The summed E-state index contributed by atoms with van der Waals surface area (Å²) in [6.45, 7) is 3.12. The molecule has 0 aliphatic carbocycles. The molecule has 6 nitrogen and oxygen atoms in total. The van der Waals surface area contributed by atoms with E-state index in [1.54, 1.807) is 36.4 Å². The Labute approximate surface area is 195 Å². The molecule has 0 radical (unpaired) electrons. The summed E-state index contributed by atoms with van der Waals surface area (Å²) in [4.78, 5) is 24.4. The van der Waals surface area contributed by atoms with Crippen molar-refractivity contribution < 1.29 is 32.2 Å². The molecule has 0 fully saturated rings. The maximum absolute atomic E-state index is 12.6. The number of methoxy groups -OCH3 is 2. The summed E-state index contributed by atoms with van der Waals surface area (Å²) < 4.78 is 49.6. The average Bonchev–Trinajstić information content (AvgIpc) is 3.10. The van der Waals surface area contributed by atoms with E-state index in [4.69, 9.17) is 9.47 Å². The first-order valence-electron chi connectivity index (χ1n) is 10.4. The first-order chi connectivity index (χ1) is 16.0. The van der Waals surface area contributed by atoms with Gasteiger partial charge in [-0.25, -0.2) is 4.79 Å². The maximum atomic E-state index is 12.6. The number of aromatic nitrogens is 1. The van der Waals surface area contributed by atoms with Crippen molar-refractivity contribution in [2.75, 3.05) is 20.8 Å². The van der Waals surface area contributed by atoms with Crippen LogP contribution in [0.15, 0.2) is 54.7 Å². The van der Waals surface area contributed by atoms with Gasteiger partial charge in [0.1, 0.15) is 5.75 Å². The minimum atomic E-state index is -4.37. The standard InChI is InChI=1S/C25H25F3N2O4/c1-15(12-25(26,27)28)13-29-23(31)17-7-8-21-20(10-17)19(14-30(21)2)9-16-5-6-18(24(32)34-4)11-22(16)33-3/h5-8,10-11,14H,1,9,12-13H2,2-4H3,(H,29,31). The van der Waals surface area contributed by atoms with Gasteiger partial charge in [0, 0.05) is 42.7 Å². The lowest BCUT2D eigenvalue weighted by molar-refractivity contribution is -0.127. The number of amides is 1. The molecule has 0 saturated heterocycles. The van der Waals surface area contributed by atoms with Gasteiger partial charge in [-0.2, -0.15) is 13.2 Å². The number of nitrogens with one attached hydrogen (secondary N) is 1. The number of nitrogens with zero attached hydrogens (tertiary/aromatic N) is 1. The second kappa shape index (κ2) is 10.0. The van der Waals surface area contributed by atoms with Crippen molar-refractivity contribution in [3.05, 3.63) is 77.0 Å². The quantitative estimate of drug-likeness (QED) is 0.376. The zero-order valence-corrected chi connectivity index (χ0v) is 19.1. The van der Waals surface area contributed by atoms with Crippen LogP contribution in [0.25, 0.3) is 10.9 Å². The van der Waals surface area contributed by atoms with Gasteiger partial charge in [-0.05, 0) is 47.0 Å². The van der Waals surface area contributed by atoms with Crippen LogP contribution in [-0.2, 0) is 18.2 Å². The molecule has 0 aliphatic heterocycles. The lowest BCUT2D eigenvalue weighted by atomic mass is 10.0. The van der Waals surface area contributed by atoms with Crippen molar-refractivity contribution in [1.82, 2.24) is 9.88 Å². The fraction of sp³-hybridized carbons (Fsp3) is 0.280. The molecule has 1 aromatic heterocycles. The minimum Gasteiger partial charge on any atom is -0.496 e. The number of benzene rings is 2. The van der Waals surface area contributed by atoms with Gasteiger partial charge in [-0.1, -0.05) is 12.6 Å². The normalized spacial score (nSPS) is 11.4. The molecule has 0 bridgehead atoms. The Morgan fingerprint density at radius 1 is 1.06 bits per heavy atom. The number of hydrogen-bond donors (Lipinski definition) is 1. The predicted octanol–water partition coefficient (Wildman–Crippen LogP) is 4.80. The predicted molar refractivity (Wildman–Crippen MR) is 122 cm³/mol. The number of fused-ring (bicyclic) bond motifs is 1. The van der Waals surface area contributed by atoms with Crippen LogP contribution >= 0.6 is 0 Å². The zero-order valence-electron chi connectivity index (χ0n) is 19.1. The maximum Gasteiger partial charge on any atom is 0.392 e. The Kier molecular flexibility index (Phi) is 7.34. The third-order valence-corrected chi connectivity index (χ3v) is 5.37. The van der Waals surface area contributed by atoms with Crippen LogP contribution in [0.1, 0.15) is 38.3 Å². The van der Waals surface area contributed by atoms with E-state index in [9.17, 15) is 22.8 Å². The molecule has 0 saturated carbocycles. The minimum absolute atomic E-state index is 0.121. The van der Waals surface area contributed by atoms with Gasteiger partial charge in [0.2, 0.25) is 0 Å². The number of alkyl halides is 3. The van der Waals surface area contributed by atoms with Crippen molar-refractivity contribution in [3.63, 3.8) is 0 Å². The highest BCUT2D eigenvalue weighted by Gasteiger charge is 2.28. The van der Waals surface area contributed by atoms with Gasteiger partial charge in [0.15, 0.2) is 0 Å². The van der Waals surface area contributed by atoms with E-state index in [0.717, 1.165) is 22.0 Å². The number of carbonyl (C=O) groups excluding carboxylic acids is 2. The van der Waals surface area contributed by atoms with Crippen LogP contribution in [0, 0.1) is 0 Å². The van der Waals surface area contributed by atoms with Crippen LogP contribution in [0.3, 0.4) is 0 Å². The zero-order chi connectivity index (χ0) is 25.0. The van der Waals surface area contributed by atoms with Crippen molar-refractivity contribution in [2.24, 2.45) is 7.05 Å². The number of rotatable bonds is 8. The molecule has 1 heterocycles. The topological polar surface area (TPSA) is 69.6 Å². The summed E-state index contributed by atoms with van der Waals surface area (Å²) in [6.07, 6.45) is -3.11. The van der Waals surface area contributed by atoms with Crippen molar-refractivity contribution in [3.8, 4) is 5.75 Å². The van der Waals surface area contributed by atoms with E-state index >= 15 is 0 Å². The van der Waals surface area contributed by atoms with Crippen LogP contribution in [-0.4, -0.2) is 43.4 Å². The van der Waals surface area contributed by atoms with Gasteiger partial charge < -0.3 is 19.4 Å². The van der Waals surface area contributed by atoms with Crippen molar-refractivity contribution in [1.29, 1.82) is 0 Å². The molecule has 0 spiro atoms. The summed E-state index contributed by atoms with van der Waals surface area (Å²) in [5, 5.41) is 3.32. The highest BCUT2D eigenvalue weighted by atomic mass is 19.4. The molecule has 2 aromatic carbocycles. The van der Waals surface area contributed by atoms with Crippen LogP contribution in [0.5, 0.6) is 5.75 Å².